The summed E-state index contributed by atoms with van der Waals surface area (Å²) < 4.78 is 31.8. The molecule has 3 N–H and O–H groups in total. The third kappa shape index (κ3) is 5.86. The predicted molar refractivity (Wildman–Crippen MR) is 152 cm³/mol. The van der Waals surface area contributed by atoms with E-state index in [1.807, 2.05) is 6.07 Å². The molecule has 5 heterocycles. The first-order chi connectivity index (χ1) is 20.1. The average Bonchev–Trinajstić information content (AvgIpc) is 2.99. The van der Waals surface area contributed by atoms with Crippen LogP contribution in [-0.4, -0.2) is 85.9 Å². The van der Waals surface area contributed by atoms with Gasteiger partial charge in [0.25, 0.3) is 0 Å². The van der Waals surface area contributed by atoms with Gasteiger partial charge in [0.15, 0.2) is 5.88 Å². The molecule has 216 valence electrons. The minimum absolute atomic E-state index is 0.182. The van der Waals surface area contributed by atoms with E-state index in [9.17, 15) is 9.65 Å². The summed E-state index contributed by atoms with van der Waals surface area (Å²) in [6.45, 7) is 4.20. The first-order valence-corrected chi connectivity index (χ1v) is 14.3. The number of rotatable bonds is 8. The van der Waals surface area contributed by atoms with E-state index < -0.39 is 12.3 Å². The lowest BCUT2D eigenvalue weighted by atomic mass is 9.88. The lowest BCUT2D eigenvalue weighted by molar-refractivity contribution is -0.0776. The normalized spacial score (nSPS) is 25.4. The molecule has 4 aliphatic rings. The van der Waals surface area contributed by atoms with Crippen LogP contribution in [0.1, 0.15) is 24.8 Å². The summed E-state index contributed by atoms with van der Waals surface area (Å²) >= 11 is 0. The van der Waals surface area contributed by atoms with E-state index in [0.717, 1.165) is 37.4 Å². The molecule has 10 nitrogen and oxygen atoms in total. The topological polar surface area (TPSA) is 117 Å². The number of hydrogen-bond acceptors (Lipinski definition) is 10. The highest BCUT2D eigenvalue weighted by atomic mass is 19.1. The first kappa shape index (κ1) is 27.4. The highest BCUT2D eigenvalue weighted by molar-refractivity contribution is 5.65. The van der Waals surface area contributed by atoms with Crippen LogP contribution >= 0.6 is 0 Å². The molecule has 0 radical (unpaired) electrons. The van der Waals surface area contributed by atoms with Crippen molar-refractivity contribution in [2.45, 2.75) is 43.7 Å². The smallest absolute Gasteiger partial charge is 0.225 e. The number of ether oxygens (including phenoxy) is 3. The molecule has 0 aliphatic carbocycles. The fraction of sp³-hybridized carbons (Fsp3) is 0.500. The number of nitrogens with zero attached hydrogens (tertiary/aromatic N) is 4. The van der Waals surface area contributed by atoms with E-state index in [1.165, 1.54) is 5.57 Å². The average molecular weight is 562 g/mol. The fourth-order valence-electron chi connectivity index (χ4n) is 5.89. The number of allylic oxidation sites excluding steroid dienone is 2. The molecule has 3 saturated heterocycles. The second kappa shape index (κ2) is 12.4. The minimum atomic E-state index is -1.12. The molecule has 2 aromatic rings. The second-order valence-corrected chi connectivity index (χ2v) is 10.8. The summed E-state index contributed by atoms with van der Waals surface area (Å²) in [5.41, 5.74) is 2.97. The van der Waals surface area contributed by atoms with Crippen LogP contribution < -0.4 is 20.7 Å². The Morgan fingerprint density at radius 3 is 2.71 bits per heavy atom. The summed E-state index contributed by atoms with van der Waals surface area (Å²) in [6.07, 6.45) is 6.81. The Labute approximate surface area is 239 Å². The quantitative estimate of drug-likeness (QED) is 0.444. The minimum Gasteiger partial charge on any atom is -0.486 e. The number of nitriles is 1. The van der Waals surface area contributed by atoms with Crippen LogP contribution in [0.3, 0.4) is 0 Å². The second-order valence-electron chi connectivity index (χ2n) is 10.8. The van der Waals surface area contributed by atoms with Crippen LogP contribution in [0.5, 0.6) is 5.75 Å². The molecule has 4 aliphatic heterocycles. The fourth-order valence-corrected chi connectivity index (χ4v) is 5.89. The van der Waals surface area contributed by atoms with Crippen molar-refractivity contribution in [3.8, 4) is 23.1 Å². The van der Waals surface area contributed by atoms with Gasteiger partial charge in [-0.25, -0.2) is 14.4 Å². The lowest BCUT2D eigenvalue weighted by Crippen LogP contribution is -2.56. The molecule has 0 spiro atoms. The predicted octanol–water partition coefficient (Wildman–Crippen LogP) is 2.96. The molecule has 0 saturated carbocycles. The van der Waals surface area contributed by atoms with Gasteiger partial charge in [-0.15, -0.1) is 0 Å². The highest BCUT2D eigenvalue weighted by Crippen LogP contribution is 2.35. The summed E-state index contributed by atoms with van der Waals surface area (Å²) in [5.74, 6) is 2.16. The Bertz CT molecular complexity index is 1340. The Kier molecular flexibility index (Phi) is 8.32. The van der Waals surface area contributed by atoms with Gasteiger partial charge >= 0.3 is 0 Å². The van der Waals surface area contributed by atoms with E-state index in [1.54, 1.807) is 31.5 Å². The zero-order valence-corrected chi connectivity index (χ0v) is 23.2. The molecule has 3 atom stereocenters. The van der Waals surface area contributed by atoms with Crippen molar-refractivity contribution in [1.82, 2.24) is 25.5 Å². The van der Waals surface area contributed by atoms with Gasteiger partial charge in [-0.3, -0.25) is 0 Å². The Morgan fingerprint density at radius 1 is 1.15 bits per heavy atom. The molecular formula is C30H36FN7O3. The van der Waals surface area contributed by atoms with Crippen LogP contribution in [0, 0.1) is 17.2 Å². The van der Waals surface area contributed by atoms with Gasteiger partial charge in [0.05, 0.1) is 37.6 Å². The molecule has 1 aromatic carbocycles. The van der Waals surface area contributed by atoms with Crippen molar-refractivity contribution in [3.63, 3.8) is 0 Å². The van der Waals surface area contributed by atoms with Crippen molar-refractivity contribution in [3.05, 3.63) is 59.6 Å². The number of nitrogens with one attached hydrogen (secondary N) is 3. The van der Waals surface area contributed by atoms with E-state index in [2.05, 4.69) is 44.1 Å². The molecule has 11 heteroatoms. The number of piperidine rings is 2. The van der Waals surface area contributed by atoms with Crippen molar-refractivity contribution in [2.75, 3.05) is 51.8 Å². The first-order valence-electron chi connectivity index (χ1n) is 14.3. The maximum absolute atomic E-state index is 14.3. The third-order valence-corrected chi connectivity index (χ3v) is 8.18. The molecule has 41 heavy (non-hydrogen) atoms. The molecule has 1 unspecified atom stereocenters. The van der Waals surface area contributed by atoms with Gasteiger partial charge in [0, 0.05) is 23.9 Å². The van der Waals surface area contributed by atoms with Gasteiger partial charge in [-0.2, -0.15) is 5.26 Å². The number of benzene rings is 1. The molecule has 6 rings (SSSR count). The zero-order valence-electron chi connectivity index (χ0n) is 23.2. The Balaban J connectivity index is 1.22. The number of hydrogen-bond donors (Lipinski definition) is 3. The summed E-state index contributed by atoms with van der Waals surface area (Å²) in [4.78, 5) is 11.5. The molecule has 3 fully saturated rings. The number of alkyl halides is 1. The van der Waals surface area contributed by atoms with Crippen LogP contribution in [0.25, 0.3) is 11.3 Å². The van der Waals surface area contributed by atoms with Crippen molar-refractivity contribution in [2.24, 2.45) is 5.92 Å². The highest BCUT2D eigenvalue weighted by Gasteiger charge is 2.38. The Hall–Kier alpha value is -3.72. The van der Waals surface area contributed by atoms with Gasteiger partial charge < -0.3 is 35.1 Å². The van der Waals surface area contributed by atoms with Gasteiger partial charge in [-0.1, -0.05) is 6.08 Å². The summed E-state index contributed by atoms with van der Waals surface area (Å²) in [7, 11) is 1.73. The summed E-state index contributed by atoms with van der Waals surface area (Å²) in [6, 6.07) is 9.46. The number of anilines is 1. The van der Waals surface area contributed by atoms with Crippen LogP contribution in [0.15, 0.2) is 54.1 Å². The SMILES string of the molecule is COC1=C(C2CCNCC2)C=CC(Nc2nccc(-c3ccc(O[C@@H]4CCNC[C@@H]4F)c(C#N)c3)n2)N1C1COC1. The number of aromatic nitrogens is 2. The van der Waals surface area contributed by atoms with Crippen LogP contribution in [0.2, 0.25) is 0 Å². The molecule has 1 aromatic heterocycles. The zero-order chi connectivity index (χ0) is 28.2. The molecule has 0 bridgehead atoms. The lowest BCUT2D eigenvalue weighted by Gasteiger charge is -2.46. The van der Waals surface area contributed by atoms with E-state index >= 15 is 0 Å². The number of halogens is 1. The van der Waals surface area contributed by atoms with Crippen LogP contribution in [-0.2, 0) is 9.47 Å². The van der Waals surface area contributed by atoms with Crippen molar-refractivity contribution < 1.29 is 18.6 Å². The monoisotopic (exact) mass is 561 g/mol. The standard InChI is InChI=1S/C30H36FN7O3/c1-39-29-23(19-6-10-33-11-7-19)3-5-28(38(29)22-17-40-18-22)37-30-35-13-8-25(36-30)20-2-4-26(21(14-20)15-32)41-27-9-12-34-16-24(27)31/h2-5,8,13-14,19,22,24,27-28,33-34H,6-7,9-12,16-18H2,1H3,(H,35,36,37)/t24-,27+,28?/m0/s1. The van der Waals surface area contributed by atoms with Gasteiger partial charge in [-0.05, 0) is 75.2 Å². The van der Waals surface area contributed by atoms with E-state index in [-0.39, 0.29) is 18.8 Å². The summed E-state index contributed by atoms with van der Waals surface area (Å²) in [5, 5.41) is 19.7. The van der Waals surface area contributed by atoms with Crippen molar-refractivity contribution >= 4 is 5.95 Å². The van der Waals surface area contributed by atoms with E-state index in [4.69, 9.17) is 19.2 Å². The number of methoxy groups -OCH3 is 1. The maximum atomic E-state index is 14.3. The largest absolute Gasteiger partial charge is 0.486 e. The maximum Gasteiger partial charge on any atom is 0.225 e. The van der Waals surface area contributed by atoms with E-state index in [0.29, 0.717) is 55.1 Å². The third-order valence-electron chi connectivity index (χ3n) is 8.18. The molecular weight excluding hydrogens is 525 g/mol. The van der Waals surface area contributed by atoms with Crippen molar-refractivity contribution in [1.29, 1.82) is 5.26 Å². The van der Waals surface area contributed by atoms with Gasteiger partial charge in [0.2, 0.25) is 5.95 Å². The Morgan fingerprint density at radius 2 is 1.98 bits per heavy atom. The molecule has 0 amide bonds. The van der Waals surface area contributed by atoms with Crippen LogP contribution in [0.4, 0.5) is 10.3 Å². The van der Waals surface area contributed by atoms with Gasteiger partial charge in [0.1, 0.15) is 30.3 Å².